The molecule has 2 aliphatic rings. The van der Waals surface area contributed by atoms with Gasteiger partial charge in [0.25, 0.3) is 0 Å². The number of hydrogen-bond donors (Lipinski definition) is 1. The lowest BCUT2D eigenvalue weighted by atomic mass is 9.88. The SMILES string of the molecule is CC(C)Cc1ccc2c(c1)C(C1CC1)NCC2. The normalized spacial score (nSPS) is 23.8. The van der Waals surface area contributed by atoms with Crippen LogP contribution in [0.5, 0.6) is 0 Å². The molecule has 1 unspecified atom stereocenters. The van der Waals surface area contributed by atoms with Crippen molar-refractivity contribution in [3.8, 4) is 0 Å². The van der Waals surface area contributed by atoms with Crippen molar-refractivity contribution in [1.82, 2.24) is 5.32 Å². The average molecular weight is 229 g/mol. The van der Waals surface area contributed by atoms with Crippen LogP contribution in [0, 0.1) is 11.8 Å². The third-order valence-corrected chi connectivity index (χ3v) is 4.04. The molecule has 1 N–H and O–H groups in total. The molecular formula is C16H23N. The maximum absolute atomic E-state index is 3.72. The zero-order valence-electron chi connectivity index (χ0n) is 11.0. The zero-order chi connectivity index (χ0) is 11.8. The molecular weight excluding hydrogens is 206 g/mol. The van der Waals surface area contributed by atoms with Crippen LogP contribution in [0.4, 0.5) is 0 Å². The van der Waals surface area contributed by atoms with E-state index in [4.69, 9.17) is 0 Å². The smallest absolute Gasteiger partial charge is 0.0351 e. The Morgan fingerprint density at radius 3 is 2.82 bits per heavy atom. The summed E-state index contributed by atoms with van der Waals surface area (Å²) in [6, 6.07) is 7.85. The highest BCUT2D eigenvalue weighted by Crippen LogP contribution is 2.43. The van der Waals surface area contributed by atoms with Crippen molar-refractivity contribution in [2.24, 2.45) is 11.8 Å². The minimum atomic E-state index is 0.658. The van der Waals surface area contributed by atoms with E-state index < -0.39 is 0 Å². The molecule has 0 bridgehead atoms. The van der Waals surface area contributed by atoms with Crippen LogP contribution < -0.4 is 5.32 Å². The van der Waals surface area contributed by atoms with Crippen molar-refractivity contribution in [3.63, 3.8) is 0 Å². The summed E-state index contributed by atoms with van der Waals surface area (Å²) in [5.41, 5.74) is 4.72. The molecule has 1 aliphatic carbocycles. The van der Waals surface area contributed by atoms with Gasteiger partial charge in [0, 0.05) is 6.04 Å². The fourth-order valence-electron chi connectivity index (χ4n) is 3.08. The van der Waals surface area contributed by atoms with E-state index in [1.54, 1.807) is 11.1 Å². The predicted molar refractivity (Wildman–Crippen MR) is 72.2 cm³/mol. The molecule has 1 fully saturated rings. The van der Waals surface area contributed by atoms with Crippen LogP contribution in [0.1, 0.15) is 49.4 Å². The van der Waals surface area contributed by atoms with E-state index in [1.807, 2.05) is 0 Å². The summed E-state index contributed by atoms with van der Waals surface area (Å²) in [4.78, 5) is 0. The summed E-state index contributed by atoms with van der Waals surface area (Å²) < 4.78 is 0. The molecule has 1 nitrogen and oxygen atoms in total. The minimum Gasteiger partial charge on any atom is -0.309 e. The lowest BCUT2D eigenvalue weighted by Gasteiger charge is -2.27. The molecule has 92 valence electrons. The molecule has 17 heavy (non-hydrogen) atoms. The van der Waals surface area contributed by atoms with Gasteiger partial charge in [-0.05, 0) is 60.8 Å². The van der Waals surface area contributed by atoms with Gasteiger partial charge in [0.1, 0.15) is 0 Å². The van der Waals surface area contributed by atoms with Gasteiger partial charge in [0.05, 0.1) is 0 Å². The van der Waals surface area contributed by atoms with Gasteiger partial charge < -0.3 is 5.32 Å². The van der Waals surface area contributed by atoms with Crippen LogP contribution in [0.2, 0.25) is 0 Å². The fourth-order valence-corrected chi connectivity index (χ4v) is 3.08. The minimum absolute atomic E-state index is 0.658. The van der Waals surface area contributed by atoms with Crippen LogP contribution in [0.15, 0.2) is 18.2 Å². The molecule has 0 amide bonds. The highest BCUT2D eigenvalue weighted by Gasteiger charge is 2.34. The van der Waals surface area contributed by atoms with E-state index in [9.17, 15) is 0 Å². The van der Waals surface area contributed by atoms with Crippen molar-refractivity contribution in [1.29, 1.82) is 0 Å². The van der Waals surface area contributed by atoms with E-state index in [1.165, 1.54) is 31.2 Å². The standard InChI is InChI=1S/C16H23N/c1-11(2)9-12-3-4-13-7-8-17-16(14-5-6-14)15(13)10-12/h3-4,10-11,14,16-17H,5-9H2,1-2H3. The Hall–Kier alpha value is -0.820. The Labute approximate surface area is 105 Å². The summed E-state index contributed by atoms with van der Waals surface area (Å²) in [7, 11) is 0. The third kappa shape index (κ3) is 2.40. The first-order valence-corrected chi connectivity index (χ1v) is 7.09. The number of hydrogen-bond acceptors (Lipinski definition) is 1. The largest absolute Gasteiger partial charge is 0.309 e. The number of rotatable bonds is 3. The van der Waals surface area contributed by atoms with E-state index in [0.29, 0.717) is 6.04 Å². The van der Waals surface area contributed by atoms with Gasteiger partial charge in [-0.1, -0.05) is 32.0 Å². The van der Waals surface area contributed by atoms with Crippen LogP contribution in [-0.2, 0) is 12.8 Å². The molecule has 1 heteroatoms. The maximum Gasteiger partial charge on any atom is 0.0351 e. The van der Waals surface area contributed by atoms with Crippen molar-refractivity contribution in [3.05, 3.63) is 34.9 Å². The fraction of sp³-hybridized carbons (Fsp3) is 0.625. The second-order valence-corrected chi connectivity index (χ2v) is 6.15. The molecule has 1 saturated carbocycles. The number of benzene rings is 1. The van der Waals surface area contributed by atoms with Gasteiger partial charge in [-0.25, -0.2) is 0 Å². The highest BCUT2D eigenvalue weighted by molar-refractivity contribution is 5.37. The molecule has 0 aromatic heterocycles. The lowest BCUT2D eigenvalue weighted by molar-refractivity contribution is 0.457. The molecule has 3 rings (SSSR count). The van der Waals surface area contributed by atoms with Gasteiger partial charge in [0.2, 0.25) is 0 Å². The second-order valence-electron chi connectivity index (χ2n) is 6.15. The first-order valence-electron chi connectivity index (χ1n) is 7.09. The topological polar surface area (TPSA) is 12.0 Å². The average Bonchev–Trinajstić information content (AvgIpc) is 3.11. The molecule has 1 atom stereocenters. The zero-order valence-corrected chi connectivity index (χ0v) is 11.0. The van der Waals surface area contributed by atoms with Gasteiger partial charge in [0.15, 0.2) is 0 Å². The monoisotopic (exact) mass is 229 g/mol. The summed E-state index contributed by atoms with van der Waals surface area (Å²) in [5, 5.41) is 3.72. The Bertz CT molecular complexity index is 404. The Kier molecular flexibility index (Phi) is 2.96. The van der Waals surface area contributed by atoms with Crippen LogP contribution >= 0.6 is 0 Å². The second kappa shape index (κ2) is 4.45. The predicted octanol–water partition coefficient (Wildman–Crippen LogP) is 3.48. The van der Waals surface area contributed by atoms with E-state index >= 15 is 0 Å². The molecule has 1 aromatic rings. The molecule has 0 spiro atoms. The highest BCUT2D eigenvalue weighted by atomic mass is 14.9. The summed E-state index contributed by atoms with van der Waals surface area (Å²) in [6.07, 6.45) is 5.27. The van der Waals surface area contributed by atoms with Crippen LogP contribution in [0.25, 0.3) is 0 Å². The van der Waals surface area contributed by atoms with Crippen molar-refractivity contribution < 1.29 is 0 Å². The molecule has 0 saturated heterocycles. The van der Waals surface area contributed by atoms with E-state index in [-0.39, 0.29) is 0 Å². The van der Waals surface area contributed by atoms with Crippen molar-refractivity contribution >= 4 is 0 Å². The molecule has 1 heterocycles. The van der Waals surface area contributed by atoms with E-state index in [0.717, 1.165) is 18.4 Å². The van der Waals surface area contributed by atoms with E-state index in [2.05, 4.69) is 37.4 Å². The Morgan fingerprint density at radius 2 is 2.12 bits per heavy atom. The molecule has 1 aromatic carbocycles. The molecule has 0 radical (unpaired) electrons. The van der Waals surface area contributed by atoms with Crippen LogP contribution in [-0.4, -0.2) is 6.54 Å². The summed E-state index contributed by atoms with van der Waals surface area (Å²) in [5.74, 6) is 1.67. The first kappa shape index (κ1) is 11.3. The molecule has 1 aliphatic heterocycles. The maximum atomic E-state index is 3.72. The summed E-state index contributed by atoms with van der Waals surface area (Å²) >= 11 is 0. The number of fused-ring (bicyclic) bond motifs is 1. The van der Waals surface area contributed by atoms with Crippen molar-refractivity contribution in [2.75, 3.05) is 6.54 Å². The Morgan fingerprint density at radius 1 is 1.29 bits per heavy atom. The summed E-state index contributed by atoms with van der Waals surface area (Å²) in [6.45, 7) is 5.77. The van der Waals surface area contributed by atoms with Gasteiger partial charge in [-0.15, -0.1) is 0 Å². The van der Waals surface area contributed by atoms with Gasteiger partial charge in [-0.2, -0.15) is 0 Å². The van der Waals surface area contributed by atoms with Crippen molar-refractivity contribution in [2.45, 2.75) is 45.6 Å². The Balaban J connectivity index is 1.89. The first-order chi connectivity index (χ1) is 8.24. The van der Waals surface area contributed by atoms with Gasteiger partial charge in [-0.3, -0.25) is 0 Å². The van der Waals surface area contributed by atoms with Gasteiger partial charge >= 0.3 is 0 Å². The quantitative estimate of drug-likeness (QED) is 0.836. The lowest BCUT2D eigenvalue weighted by Crippen LogP contribution is -2.31. The number of nitrogens with one attached hydrogen (secondary N) is 1. The third-order valence-electron chi connectivity index (χ3n) is 4.04. The van der Waals surface area contributed by atoms with Crippen LogP contribution in [0.3, 0.4) is 0 Å².